The summed E-state index contributed by atoms with van der Waals surface area (Å²) in [7, 11) is 0. The first-order valence-corrected chi connectivity index (χ1v) is 13.0. The first-order chi connectivity index (χ1) is 19.4. The molecule has 4 N–H and O–H groups in total. The first kappa shape index (κ1) is 26.3. The van der Waals surface area contributed by atoms with Gasteiger partial charge in [0.1, 0.15) is 11.5 Å². The number of carbonyl (C=O) groups is 2. The van der Waals surface area contributed by atoms with Crippen LogP contribution in [0.3, 0.4) is 0 Å². The summed E-state index contributed by atoms with van der Waals surface area (Å²) < 4.78 is 5.79. The van der Waals surface area contributed by atoms with Crippen LogP contribution in [0.1, 0.15) is 39.4 Å². The molecule has 0 radical (unpaired) electrons. The van der Waals surface area contributed by atoms with Gasteiger partial charge in [0.05, 0.1) is 11.6 Å². The minimum absolute atomic E-state index is 0.0869. The number of ether oxygens (including phenoxy) is 1. The number of anilines is 3. The lowest BCUT2D eigenvalue weighted by Crippen LogP contribution is -2.22. The van der Waals surface area contributed by atoms with Crippen LogP contribution in [0.15, 0.2) is 91.0 Å². The maximum atomic E-state index is 12.5. The van der Waals surface area contributed by atoms with Gasteiger partial charge in [-0.15, -0.1) is 0 Å². The van der Waals surface area contributed by atoms with E-state index in [-0.39, 0.29) is 11.9 Å². The number of para-hydroxylation sites is 1. The van der Waals surface area contributed by atoms with Crippen LogP contribution in [-0.2, 0) is 0 Å². The predicted octanol–water partition coefficient (Wildman–Crippen LogP) is 6.40. The Balaban J connectivity index is 1.18. The molecule has 0 aliphatic carbocycles. The lowest BCUT2D eigenvalue weighted by Gasteiger charge is -2.21. The molecule has 1 atom stereocenters. The molecule has 0 bridgehead atoms. The van der Waals surface area contributed by atoms with Crippen LogP contribution in [0.5, 0.6) is 11.5 Å². The van der Waals surface area contributed by atoms with Crippen LogP contribution in [0, 0.1) is 18.3 Å². The monoisotopic (exact) mass is 531 g/mol. The van der Waals surface area contributed by atoms with Crippen molar-refractivity contribution in [2.45, 2.75) is 19.3 Å². The average Bonchev–Trinajstić information content (AvgIpc) is 3.44. The van der Waals surface area contributed by atoms with Crippen molar-refractivity contribution in [3.63, 3.8) is 0 Å². The topological polar surface area (TPSA) is 120 Å². The van der Waals surface area contributed by atoms with Crippen molar-refractivity contribution in [2.75, 3.05) is 28.6 Å². The predicted molar refractivity (Wildman–Crippen MR) is 156 cm³/mol. The molecular weight excluding hydrogens is 502 g/mol. The van der Waals surface area contributed by atoms with E-state index in [1.807, 2.05) is 61.5 Å². The molecule has 1 unspecified atom stereocenters. The average molecular weight is 532 g/mol. The highest BCUT2D eigenvalue weighted by Crippen LogP contribution is 2.35. The van der Waals surface area contributed by atoms with Crippen LogP contribution in [0.25, 0.3) is 0 Å². The SMILES string of the molecule is Cc1c(C#N)ccc(C(N)=O)c1C1CCN(c2ccc(NC(=O)Nc3ccc(Oc4ccccc4)cc3)cc2)C1. The molecule has 3 amide bonds. The first-order valence-electron chi connectivity index (χ1n) is 13.0. The van der Waals surface area contributed by atoms with Gasteiger partial charge in [-0.3, -0.25) is 4.79 Å². The largest absolute Gasteiger partial charge is 0.457 e. The van der Waals surface area contributed by atoms with Gasteiger partial charge in [0.25, 0.3) is 0 Å². The zero-order chi connectivity index (χ0) is 28.1. The molecule has 0 saturated carbocycles. The van der Waals surface area contributed by atoms with Gasteiger partial charge in [0.15, 0.2) is 0 Å². The van der Waals surface area contributed by atoms with E-state index >= 15 is 0 Å². The third-order valence-electron chi connectivity index (χ3n) is 7.08. The molecule has 1 saturated heterocycles. The minimum Gasteiger partial charge on any atom is -0.457 e. The fourth-order valence-electron chi connectivity index (χ4n) is 5.10. The zero-order valence-electron chi connectivity index (χ0n) is 22.1. The maximum Gasteiger partial charge on any atom is 0.323 e. The van der Waals surface area contributed by atoms with E-state index < -0.39 is 5.91 Å². The van der Waals surface area contributed by atoms with E-state index in [9.17, 15) is 14.9 Å². The highest BCUT2D eigenvalue weighted by atomic mass is 16.5. The summed E-state index contributed by atoms with van der Waals surface area (Å²) in [6.45, 7) is 3.38. The van der Waals surface area contributed by atoms with Crippen LogP contribution >= 0.6 is 0 Å². The number of nitriles is 1. The number of hydrogen-bond donors (Lipinski definition) is 3. The van der Waals surface area contributed by atoms with Crippen LogP contribution in [0.2, 0.25) is 0 Å². The Morgan fingerprint density at radius 2 is 1.52 bits per heavy atom. The summed E-state index contributed by atoms with van der Waals surface area (Å²) in [5.41, 5.74) is 10.7. The van der Waals surface area contributed by atoms with Crippen molar-refractivity contribution < 1.29 is 14.3 Å². The number of primary amides is 1. The Kier molecular flexibility index (Phi) is 7.65. The van der Waals surface area contributed by atoms with Crippen molar-refractivity contribution in [1.29, 1.82) is 5.26 Å². The van der Waals surface area contributed by atoms with Crippen LogP contribution in [-0.4, -0.2) is 25.0 Å². The molecule has 40 heavy (non-hydrogen) atoms. The van der Waals surface area contributed by atoms with E-state index in [1.165, 1.54) is 0 Å². The molecule has 0 aromatic heterocycles. The van der Waals surface area contributed by atoms with Gasteiger partial charge in [-0.25, -0.2) is 4.79 Å². The van der Waals surface area contributed by atoms with Gasteiger partial charge in [-0.2, -0.15) is 5.26 Å². The second-order valence-corrected chi connectivity index (χ2v) is 9.67. The molecule has 0 spiro atoms. The summed E-state index contributed by atoms with van der Waals surface area (Å²) >= 11 is 0. The van der Waals surface area contributed by atoms with Crippen molar-refractivity contribution in [1.82, 2.24) is 0 Å². The van der Waals surface area contributed by atoms with Gasteiger partial charge in [-0.1, -0.05) is 18.2 Å². The quantitative estimate of drug-likeness (QED) is 0.255. The molecule has 1 aliphatic heterocycles. The molecule has 1 fully saturated rings. The second-order valence-electron chi connectivity index (χ2n) is 9.67. The number of carbonyl (C=O) groups excluding carboxylic acids is 2. The van der Waals surface area contributed by atoms with Crippen LogP contribution in [0.4, 0.5) is 21.9 Å². The third-order valence-corrected chi connectivity index (χ3v) is 7.08. The van der Waals surface area contributed by atoms with Crippen molar-refractivity contribution in [3.05, 3.63) is 113 Å². The lowest BCUT2D eigenvalue weighted by molar-refractivity contribution is 0.0999. The Labute approximate surface area is 233 Å². The fraction of sp³-hybridized carbons (Fsp3) is 0.156. The van der Waals surface area contributed by atoms with Crippen molar-refractivity contribution in [3.8, 4) is 17.6 Å². The van der Waals surface area contributed by atoms with Gasteiger partial charge in [0.2, 0.25) is 5.91 Å². The molecule has 4 aromatic carbocycles. The number of nitrogens with two attached hydrogens (primary N) is 1. The number of hydrogen-bond acceptors (Lipinski definition) is 5. The highest BCUT2D eigenvalue weighted by molar-refractivity contribution is 6.00. The van der Waals surface area contributed by atoms with E-state index in [1.54, 1.807) is 36.4 Å². The number of amides is 3. The van der Waals surface area contributed by atoms with Gasteiger partial charge in [-0.05, 0) is 97.3 Å². The summed E-state index contributed by atoms with van der Waals surface area (Å²) in [5, 5.41) is 15.1. The molecule has 5 rings (SSSR count). The number of rotatable bonds is 7. The molecule has 1 aliphatic rings. The summed E-state index contributed by atoms with van der Waals surface area (Å²) in [4.78, 5) is 26.9. The Morgan fingerprint density at radius 3 is 2.15 bits per heavy atom. The fourth-order valence-corrected chi connectivity index (χ4v) is 5.10. The maximum absolute atomic E-state index is 12.5. The lowest BCUT2D eigenvalue weighted by atomic mass is 9.87. The van der Waals surface area contributed by atoms with E-state index in [0.29, 0.717) is 34.8 Å². The molecule has 200 valence electrons. The molecule has 8 nitrogen and oxygen atoms in total. The molecule has 4 aromatic rings. The number of benzene rings is 4. The summed E-state index contributed by atoms with van der Waals surface area (Å²) in [6.07, 6.45) is 0.841. The number of nitrogens with one attached hydrogen (secondary N) is 2. The number of urea groups is 1. The van der Waals surface area contributed by atoms with Crippen molar-refractivity contribution >= 4 is 29.0 Å². The Bertz CT molecular complexity index is 1560. The van der Waals surface area contributed by atoms with Gasteiger partial charge < -0.3 is 26.0 Å². The normalized spacial score (nSPS) is 14.3. The summed E-state index contributed by atoms with van der Waals surface area (Å²) in [6, 6.07) is 29.4. The number of nitrogens with zero attached hydrogens (tertiary/aromatic N) is 2. The van der Waals surface area contributed by atoms with E-state index in [0.717, 1.165) is 35.5 Å². The standard InChI is InChI=1S/C32H29N5O3/c1-21-22(19-33)7-16-29(31(34)38)30(21)23-17-18-37(20-23)26-12-8-24(9-13-26)35-32(39)36-25-10-14-28(15-11-25)40-27-5-3-2-4-6-27/h2-16,23H,17-18,20H2,1H3,(H2,34,38)(H2,35,36,39). The van der Waals surface area contributed by atoms with Crippen LogP contribution < -0.4 is 26.0 Å². The Morgan fingerprint density at radius 1 is 0.900 bits per heavy atom. The van der Waals surface area contributed by atoms with E-state index in [2.05, 4.69) is 21.6 Å². The zero-order valence-corrected chi connectivity index (χ0v) is 22.1. The molecule has 8 heteroatoms. The second kappa shape index (κ2) is 11.6. The van der Waals surface area contributed by atoms with E-state index in [4.69, 9.17) is 10.5 Å². The van der Waals surface area contributed by atoms with Gasteiger partial charge >= 0.3 is 6.03 Å². The highest BCUT2D eigenvalue weighted by Gasteiger charge is 2.29. The van der Waals surface area contributed by atoms with Crippen molar-refractivity contribution in [2.24, 2.45) is 5.73 Å². The third kappa shape index (κ3) is 5.89. The summed E-state index contributed by atoms with van der Waals surface area (Å²) in [5.74, 6) is 1.03. The molecule has 1 heterocycles. The Hall–Kier alpha value is -5.29. The minimum atomic E-state index is -0.480. The smallest absolute Gasteiger partial charge is 0.323 e. The van der Waals surface area contributed by atoms with Gasteiger partial charge in [0, 0.05) is 41.6 Å². The molecular formula is C32H29N5O3.